The number of rotatable bonds is 2. The zero-order chi connectivity index (χ0) is 20.8. The molecule has 0 aliphatic rings. The van der Waals surface area contributed by atoms with Crippen LogP contribution in [-0.2, 0) is 0 Å². The van der Waals surface area contributed by atoms with Crippen molar-refractivity contribution in [1.82, 2.24) is 0 Å². The minimum absolute atomic E-state index is 0.126. The number of nitrogen functional groups attached to an aromatic ring is 1. The average Bonchev–Trinajstić information content (AvgIpc) is 2.72. The highest BCUT2D eigenvalue weighted by molar-refractivity contribution is 7.80. The summed E-state index contributed by atoms with van der Waals surface area (Å²) in [6.07, 6.45) is 0. The maximum absolute atomic E-state index is 11.5. The van der Waals surface area contributed by atoms with Crippen molar-refractivity contribution in [1.29, 1.82) is 0 Å². The molecule has 3 rings (SSSR count). The summed E-state index contributed by atoms with van der Waals surface area (Å²) in [5, 5.41) is 11.5. The molecule has 140 valence electrons. The van der Waals surface area contributed by atoms with E-state index in [4.69, 9.17) is 18.0 Å². The second-order valence-corrected chi connectivity index (χ2v) is 6.83. The van der Waals surface area contributed by atoms with Crippen molar-refractivity contribution >= 4 is 28.5 Å². The Bertz CT molecular complexity index is 1210. The van der Waals surface area contributed by atoms with E-state index in [1.807, 2.05) is 61.5 Å². The third-order valence-electron chi connectivity index (χ3n) is 4.11. The summed E-state index contributed by atoms with van der Waals surface area (Å²) >= 11 is 5.14. The first-order chi connectivity index (χ1) is 13.9. The lowest BCUT2D eigenvalue weighted by Gasteiger charge is -2.02. The van der Waals surface area contributed by atoms with Gasteiger partial charge in [0.05, 0.1) is 10.5 Å². The van der Waals surface area contributed by atoms with Crippen LogP contribution >= 0.6 is 12.2 Å². The van der Waals surface area contributed by atoms with Gasteiger partial charge in [0, 0.05) is 27.7 Å². The second-order valence-electron chi connectivity index (χ2n) is 6.21. The van der Waals surface area contributed by atoms with Crippen molar-refractivity contribution in [3.63, 3.8) is 0 Å². The lowest BCUT2D eigenvalue weighted by molar-refractivity contribution is -0.385. The fourth-order valence-electron chi connectivity index (χ4n) is 2.55. The highest BCUT2D eigenvalue weighted by atomic mass is 32.1. The maximum atomic E-state index is 11.5. The van der Waals surface area contributed by atoms with Gasteiger partial charge in [-0.15, -0.1) is 0 Å². The second kappa shape index (κ2) is 8.84. The van der Waals surface area contributed by atoms with Crippen LogP contribution in [0.15, 0.2) is 66.7 Å². The summed E-state index contributed by atoms with van der Waals surface area (Å²) in [5.74, 6) is 11.6. The molecule has 0 unspecified atom stereocenters. The molecule has 0 saturated heterocycles. The molecule has 0 amide bonds. The smallest absolute Gasteiger partial charge is 0.286 e. The Morgan fingerprint density at radius 1 is 0.897 bits per heavy atom. The van der Waals surface area contributed by atoms with Crippen LogP contribution in [0.3, 0.4) is 0 Å². The maximum Gasteiger partial charge on any atom is 0.286 e. The predicted octanol–water partition coefficient (Wildman–Crippen LogP) is 4.71. The van der Waals surface area contributed by atoms with Gasteiger partial charge in [-0.3, -0.25) is 10.1 Å². The van der Waals surface area contributed by atoms with Gasteiger partial charge in [0.1, 0.15) is 5.56 Å². The molecule has 0 aliphatic carbocycles. The Balaban J connectivity index is 1.96. The van der Waals surface area contributed by atoms with Crippen LogP contribution in [0.5, 0.6) is 0 Å². The first-order valence-electron chi connectivity index (χ1n) is 8.72. The van der Waals surface area contributed by atoms with Gasteiger partial charge < -0.3 is 5.73 Å². The fourth-order valence-corrected chi connectivity index (χ4v) is 2.69. The van der Waals surface area contributed by atoms with E-state index in [9.17, 15) is 10.1 Å². The lowest BCUT2D eigenvalue weighted by atomic mass is 10.1. The highest BCUT2D eigenvalue weighted by Crippen LogP contribution is 2.24. The Morgan fingerprint density at radius 3 is 2.07 bits per heavy atom. The van der Waals surface area contributed by atoms with E-state index in [1.165, 1.54) is 12.1 Å². The van der Waals surface area contributed by atoms with E-state index in [2.05, 4.69) is 23.7 Å². The highest BCUT2D eigenvalue weighted by Gasteiger charge is 2.15. The molecule has 0 saturated carbocycles. The van der Waals surface area contributed by atoms with Crippen molar-refractivity contribution in [2.75, 3.05) is 5.73 Å². The Hall–Kier alpha value is -3.93. The van der Waals surface area contributed by atoms with E-state index in [0.717, 1.165) is 21.6 Å². The van der Waals surface area contributed by atoms with E-state index in [1.54, 1.807) is 0 Å². The molecule has 0 aliphatic heterocycles. The molecule has 0 aromatic heterocycles. The monoisotopic (exact) mass is 396 g/mol. The number of nitrogens with two attached hydrogens (primary N) is 1. The molecule has 3 aromatic carbocycles. The van der Waals surface area contributed by atoms with Crippen molar-refractivity contribution in [3.05, 3.63) is 105 Å². The molecule has 0 spiro atoms. The molecule has 29 heavy (non-hydrogen) atoms. The molecule has 0 radical (unpaired) electrons. The first kappa shape index (κ1) is 19.8. The molecule has 0 atom stereocenters. The molecule has 0 heterocycles. The first-order valence-corrected chi connectivity index (χ1v) is 9.13. The van der Waals surface area contributed by atoms with Crippen LogP contribution < -0.4 is 5.73 Å². The van der Waals surface area contributed by atoms with Crippen LogP contribution in [0, 0.1) is 33.8 Å². The van der Waals surface area contributed by atoms with Gasteiger partial charge in [-0.25, -0.2) is 0 Å². The van der Waals surface area contributed by atoms with Gasteiger partial charge >= 0.3 is 0 Å². The number of thiocarbonyl (C=S) groups is 1. The average molecular weight is 396 g/mol. The Labute approximate surface area is 174 Å². The fraction of sp³-hybridized carbons (Fsp3) is 0.0417. The van der Waals surface area contributed by atoms with Crippen molar-refractivity contribution < 1.29 is 4.92 Å². The van der Waals surface area contributed by atoms with Crippen LogP contribution in [0.25, 0.3) is 0 Å². The standard InChI is InChI=1S/C24H16N2O2S/c1-17(29)20-11-7-19(8-12-20)9-13-21-16-24(26(27)28)22(15-23(21)25)14-10-18-5-3-2-4-6-18/h2-8,11-12,15-16H,25H2,1H3. The van der Waals surface area contributed by atoms with Crippen LogP contribution in [0.1, 0.15) is 34.7 Å². The normalized spacial score (nSPS) is 9.55. The van der Waals surface area contributed by atoms with Crippen LogP contribution in [0.2, 0.25) is 0 Å². The van der Waals surface area contributed by atoms with E-state index >= 15 is 0 Å². The minimum Gasteiger partial charge on any atom is -0.398 e. The summed E-state index contributed by atoms with van der Waals surface area (Å²) in [6, 6.07) is 19.6. The molecular formula is C24H16N2O2S. The Kier molecular flexibility index (Phi) is 6.04. The summed E-state index contributed by atoms with van der Waals surface area (Å²) < 4.78 is 0. The summed E-state index contributed by atoms with van der Waals surface area (Å²) in [7, 11) is 0. The van der Waals surface area contributed by atoms with Gasteiger partial charge in [0.15, 0.2) is 0 Å². The third-order valence-corrected chi connectivity index (χ3v) is 4.35. The summed E-state index contributed by atoms with van der Waals surface area (Å²) in [5.41, 5.74) is 9.42. The number of nitrogens with zero attached hydrogens (tertiary/aromatic N) is 1. The molecule has 3 aromatic rings. The number of benzene rings is 3. The molecule has 0 fully saturated rings. The van der Waals surface area contributed by atoms with Gasteiger partial charge in [0.25, 0.3) is 5.69 Å². The van der Waals surface area contributed by atoms with E-state index < -0.39 is 4.92 Å². The van der Waals surface area contributed by atoms with Crippen LogP contribution in [-0.4, -0.2) is 9.79 Å². The topological polar surface area (TPSA) is 69.2 Å². The van der Waals surface area contributed by atoms with Crippen molar-refractivity contribution in [2.24, 2.45) is 0 Å². The van der Waals surface area contributed by atoms with Gasteiger partial charge in [0.2, 0.25) is 0 Å². The van der Waals surface area contributed by atoms with Gasteiger partial charge in [-0.05, 0) is 42.8 Å². The summed E-state index contributed by atoms with van der Waals surface area (Å²) in [6.45, 7) is 1.86. The third kappa shape index (κ3) is 5.07. The zero-order valence-corrected chi connectivity index (χ0v) is 16.4. The predicted molar refractivity (Wildman–Crippen MR) is 120 cm³/mol. The lowest BCUT2D eigenvalue weighted by Crippen LogP contribution is -1.98. The molecule has 4 nitrogen and oxygen atoms in total. The molecular weight excluding hydrogens is 380 g/mol. The zero-order valence-electron chi connectivity index (χ0n) is 15.6. The van der Waals surface area contributed by atoms with Crippen LogP contribution in [0.4, 0.5) is 11.4 Å². The Morgan fingerprint density at radius 2 is 1.48 bits per heavy atom. The van der Waals surface area contributed by atoms with E-state index in [0.29, 0.717) is 11.3 Å². The SMILES string of the molecule is CC(=S)c1ccc(C#Cc2cc([N+](=O)[O-])c(C#Cc3ccccc3)cc2N)cc1. The number of nitro benzene ring substituents is 1. The molecule has 2 N–H and O–H groups in total. The number of hydrogen-bond donors (Lipinski definition) is 1. The largest absolute Gasteiger partial charge is 0.398 e. The number of anilines is 1. The van der Waals surface area contributed by atoms with E-state index in [-0.39, 0.29) is 11.3 Å². The van der Waals surface area contributed by atoms with Gasteiger partial charge in [-0.1, -0.05) is 66.2 Å². The molecule has 5 heteroatoms. The summed E-state index contributed by atoms with van der Waals surface area (Å²) in [4.78, 5) is 11.8. The molecule has 0 bridgehead atoms. The quantitative estimate of drug-likeness (QED) is 0.170. The van der Waals surface area contributed by atoms with Gasteiger partial charge in [-0.2, -0.15) is 0 Å². The number of hydrogen-bond acceptors (Lipinski definition) is 4. The number of nitro groups is 1. The minimum atomic E-state index is -0.476. The van der Waals surface area contributed by atoms with Crippen molar-refractivity contribution in [2.45, 2.75) is 6.92 Å². The van der Waals surface area contributed by atoms with Crippen molar-refractivity contribution in [3.8, 4) is 23.7 Å².